The second kappa shape index (κ2) is 12.9. The first-order valence-electron chi connectivity index (χ1n) is 15.3. The van der Waals surface area contributed by atoms with Crippen molar-refractivity contribution in [2.24, 2.45) is 0 Å². The summed E-state index contributed by atoms with van der Waals surface area (Å²) >= 11 is 0. The Kier molecular flexibility index (Phi) is 7.66. The summed E-state index contributed by atoms with van der Waals surface area (Å²) in [7, 11) is 0. The molecule has 0 saturated heterocycles. The van der Waals surface area contributed by atoms with Crippen LogP contribution in [0.5, 0.6) is 0 Å². The Labute approximate surface area is 276 Å². The Bertz CT molecular complexity index is 2020. The lowest BCUT2D eigenvalue weighted by atomic mass is 10.1. The molecule has 2 aromatic carbocycles. The molecule has 0 fully saturated rings. The predicted octanol–water partition coefficient (Wildman–Crippen LogP) is 7.91. The molecule has 0 aliphatic carbocycles. The number of hydrogen-bond donors (Lipinski definition) is 0. The van der Waals surface area contributed by atoms with Crippen molar-refractivity contribution in [3.8, 4) is 79.6 Å². The second-order valence-corrected chi connectivity index (χ2v) is 10.8. The Morgan fingerprint density at radius 1 is 0.271 bits per heavy atom. The van der Waals surface area contributed by atoms with Crippen LogP contribution in [0.1, 0.15) is 0 Å². The summed E-state index contributed by atoms with van der Waals surface area (Å²) in [5.74, 6) is 2.29. The molecule has 0 bridgehead atoms. The molecule has 0 unspecified atom stereocenters. The van der Waals surface area contributed by atoms with Crippen molar-refractivity contribution in [3.63, 3.8) is 0 Å². The third-order valence-corrected chi connectivity index (χ3v) is 7.61. The van der Waals surface area contributed by atoms with E-state index in [1.54, 1.807) is 31.0 Å². The van der Waals surface area contributed by atoms with Crippen molar-refractivity contribution in [2.45, 2.75) is 0 Å². The maximum atomic E-state index is 4.84. The van der Waals surface area contributed by atoms with Gasteiger partial charge in [-0.05, 0) is 48.5 Å². The van der Waals surface area contributed by atoms with E-state index in [1.807, 2.05) is 121 Å². The van der Waals surface area contributed by atoms with Gasteiger partial charge in [-0.1, -0.05) is 72.8 Å². The first-order valence-corrected chi connectivity index (χ1v) is 15.3. The zero-order chi connectivity index (χ0) is 32.1. The van der Waals surface area contributed by atoms with Crippen molar-refractivity contribution in [1.29, 1.82) is 0 Å². The molecule has 0 saturated carbocycles. The van der Waals surface area contributed by atoms with E-state index in [1.165, 1.54) is 0 Å². The molecule has 0 N–H and O–H groups in total. The molecule has 8 rings (SSSR count). The van der Waals surface area contributed by atoms with Crippen LogP contribution in [-0.2, 0) is 0 Å². The van der Waals surface area contributed by atoms with Crippen LogP contribution >= 0.6 is 0 Å². The molecule has 6 aromatic heterocycles. The number of nitrogens with zero attached hydrogens (tertiary/aromatic N) is 9. The highest BCUT2D eigenvalue weighted by atomic mass is 15.0. The minimum absolute atomic E-state index is 0.540. The highest BCUT2D eigenvalue weighted by molar-refractivity contribution is 5.73. The Balaban J connectivity index is 1.11. The summed E-state index contributed by atoms with van der Waals surface area (Å²) < 4.78 is 0. The predicted molar refractivity (Wildman–Crippen MR) is 185 cm³/mol. The van der Waals surface area contributed by atoms with Gasteiger partial charge in [-0.2, -0.15) is 0 Å². The zero-order valence-corrected chi connectivity index (χ0v) is 25.5. The number of rotatable bonds is 7. The largest absolute Gasteiger partial charge is 0.255 e. The summed E-state index contributed by atoms with van der Waals surface area (Å²) in [6.45, 7) is 0. The summed E-state index contributed by atoms with van der Waals surface area (Å²) in [5, 5.41) is 0. The fourth-order valence-electron chi connectivity index (χ4n) is 5.19. The Morgan fingerprint density at radius 2 is 0.771 bits per heavy atom. The van der Waals surface area contributed by atoms with Crippen molar-refractivity contribution < 1.29 is 0 Å². The lowest BCUT2D eigenvalue weighted by Crippen LogP contribution is -2.00. The molecule has 48 heavy (non-hydrogen) atoms. The van der Waals surface area contributed by atoms with Crippen LogP contribution in [0.25, 0.3) is 79.6 Å². The minimum atomic E-state index is 0.540. The van der Waals surface area contributed by atoms with E-state index in [2.05, 4.69) is 9.97 Å². The van der Waals surface area contributed by atoms with E-state index in [4.69, 9.17) is 34.9 Å². The summed E-state index contributed by atoms with van der Waals surface area (Å²) in [5.41, 5.74) is 7.83. The molecule has 6 heterocycles. The monoisotopic (exact) mass is 619 g/mol. The van der Waals surface area contributed by atoms with Gasteiger partial charge in [-0.25, -0.2) is 29.9 Å². The molecule has 226 valence electrons. The second-order valence-electron chi connectivity index (χ2n) is 10.8. The van der Waals surface area contributed by atoms with Gasteiger partial charge in [0.1, 0.15) is 0 Å². The van der Waals surface area contributed by atoms with E-state index < -0.39 is 0 Å². The van der Waals surface area contributed by atoms with Gasteiger partial charge in [0.25, 0.3) is 0 Å². The van der Waals surface area contributed by atoms with E-state index in [0.717, 1.165) is 44.9 Å². The average molecular weight is 620 g/mol. The standard InChI is InChI=1S/C39H25N9/c1-3-11-26(12-4-1)37-46-38(27-13-5-2-6-14-27)48-39(47-37)28-17-18-31(42-23-28)30-24-43-36(44-25-30)29-21-34(32-15-7-9-19-40-32)45-35(22-29)33-16-8-10-20-41-33/h1-25H. The average Bonchev–Trinajstić information content (AvgIpc) is 3.19. The van der Waals surface area contributed by atoms with Crippen LogP contribution in [0.15, 0.2) is 152 Å². The molecule has 0 amide bonds. The van der Waals surface area contributed by atoms with Crippen molar-refractivity contribution in [2.75, 3.05) is 0 Å². The third kappa shape index (κ3) is 6.03. The van der Waals surface area contributed by atoms with Crippen LogP contribution < -0.4 is 0 Å². The third-order valence-electron chi connectivity index (χ3n) is 7.61. The molecule has 9 nitrogen and oxygen atoms in total. The van der Waals surface area contributed by atoms with E-state index in [-0.39, 0.29) is 0 Å². The molecular weight excluding hydrogens is 594 g/mol. The van der Waals surface area contributed by atoms with Crippen molar-refractivity contribution in [3.05, 3.63) is 152 Å². The number of benzene rings is 2. The van der Waals surface area contributed by atoms with Gasteiger partial charge >= 0.3 is 0 Å². The smallest absolute Gasteiger partial charge is 0.165 e. The van der Waals surface area contributed by atoms with Gasteiger partial charge in [0.05, 0.1) is 28.5 Å². The van der Waals surface area contributed by atoms with Gasteiger partial charge in [0.2, 0.25) is 0 Å². The molecule has 8 aromatic rings. The first kappa shape index (κ1) is 28.6. The van der Waals surface area contributed by atoms with Crippen LogP contribution in [0.2, 0.25) is 0 Å². The fourth-order valence-corrected chi connectivity index (χ4v) is 5.19. The maximum Gasteiger partial charge on any atom is 0.165 e. The lowest BCUT2D eigenvalue weighted by molar-refractivity contribution is 1.07. The fraction of sp³-hybridized carbons (Fsp3) is 0. The topological polar surface area (TPSA) is 116 Å². The van der Waals surface area contributed by atoms with Crippen LogP contribution in [0.3, 0.4) is 0 Å². The van der Waals surface area contributed by atoms with Gasteiger partial charge in [-0.15, -0.1) is 0 Å². The van der Waals surface area contributed by atoms with Crippen LogP contribution in [-0.4, -0.2) is 44.9 Å². The zero-order valence-electron chi connectivity index (χ0n) is 25.5. The number of pyridine rings is 4. The summed E-state index contributed by atoms with van der Waals surface area (Å²) in [4.78, 5) is 42.4. The first-order chi connectivity index (χ1) is 23.8. The highest BCUT2D eigenvalue weighted by Crippen LogP contribution is 2.29. The van der Waals surface area contributed by atoms with Crippen molar-refractivity contribution in [1.82, 2.24) is 44.9 Å². The number of aromatic nitrogens is 9. The molecule has 0 atom stereocenters. The SMILES string of the molecule is c1ccc(-c2nc(-c3ccccc3)nc(-c3ccc(-c4cnc(-c5cc(-c6ccccn6)nc(-c6ccccn6)c5)nc4)nc3)n2)cc1. The van der Waals surface area contributed by atoms with Gasteiger partial charge in [0.15, 0.2) is 23.3 Å². The van der Waals surface area contributed by atoms with E-state index in [0.29, 0.717) is 34.7 Å². The van der Waals surface area contributed by atoms with Gasteiger partial charge in [-0.3, -0.25) is 15.0 Å². The minimum Gasteiger partial charge on any atom is -0.255 e. The van der Waals surface area contributed by atoms with Crippen molar-refractivity contribution >= 4 is 0 Å². The summed E-state index contributed by atoms with van der Waals surface area (Å²) in [6.07, 6.45) is 8.81. The Morgan fingerprint density at radius 3 is 1.25 bits per heavy atom. The van der Waals surface area contributed by atoms with E-state index >= 15 is 0 Å². The van der Waals surface area contributed by atoms with Crippen LogP contribution in [0.4, 0.5) is 0 Å². The maximum absolute atomic E-state index is 4.84. The highest BCUT2D eigenvalue weighted by Gasteiger charge is 2.15. The molecule has 9 heteroatoms. The summed E-state index contributed by atoms with van der Waals surface area (Å²) in [6, 6.07) is 39.0. The van der Waals surface area contributed by atoms with E-state index in [9.17, 15) is 0 Å². The van der Waals surface area contributed by atoms with Crippen LogP contribution in [0, 0.1) is 0 Å². The quantitative estimate of drug-likeness (QED) is 0.175. The molecule has 0 radical (unpaired) electrons. The van der Waals surface area contributed by atoms with Gasteiger partial charge in [0, 0.05) is 58.8 Å². The molecule has 0 spiro atoms. The Hall–Kier alpha value is -6.87. The molecular formula is C39H25N9. The normalized spacial score (nSPS) is 10.9. The molecule has 0 aliphatic heterocycles. The van der Waals surface area contributed by atoms with Gasteiger partial charge < -0.3 is 0 Å². The lowest BCUT2D eigenvalue weighted by Gasteiger charge is -2.09. The molecule has 0 aliphatic rings. The number of hydrogen-bond acceptors (Lipinski definition) is 9.